The van der Waals surface area contributed by atoms with E-state index >= 15 is 0 Å². The van der Waals surface area contributed by atoms with Crippen molar-refractivity contribution in [3.8, 4) is 22.6 Å². The molecule has 0 aromatic heterocycles. The van der Waals surface area contributed by atoms with Crippen LogP contribution in [0.5, 0.6) is 11.5 Å². The van der Waals surface area contributed by atoms with Crippen LogP contribution in [-0.4, -0.2) is 55.9 Å². The minimum absolute atomic E-state index is 0. The number of amides is 2. The van der Waals surface area contributed by atoms with E-state index in [2.05, 4.69) is 10.6 Å². The highest BCUT2D eigenvalue weighted by Crippen LogP contribution is 2.51. The number of carbonyl (C=O) groups excluding carboxylic acids is 2. The summed E-state index contributed by atoms with van der Waals surface area (Å²) in [6, 6.07) is 19.0. The van der Waals surface area contributed by atoms with Crippen molar-refractivity contribution in [2.75, 3.05) is 39.4 Å². The Morgan fingerprint density at radius 3 is 2.46 bits per heavy atom. The molecule has 0 unspecified atom stereocenters. The predicted molar refractivity (Wildman–Crippen MR) is 143 cm³/mol. The molecule has 2 aliphatic rings. The average Bonchev–Trinajstić information content (AvgIpc) is 3.59. The Kier molecular flexibility index (Phi) is 6.86. The number of rotatable bonds is 9. The second-order valence-corrected chi connectivity index (χ2v) is 9.65. The van der Waals surface area contributed by atoms with Crippen LogP contribution in [0.1, 0.15) is 35.8 Å². The Bertz CT molecular complexity index is 1320. The normalized spacial score (nSPS) is 14.8. The van der Waals surface area contributed by atoms with E-state index in [-0.39, 0.29) is 26.6 Å². The van der Waals surface area contributed by atoms with Crippen LogP contribution in [0.15, 0.2) is 60.7 Å². The van der Waals surface area contributed by atoms with Gasteiger partial charge in [-0.1, -0.05) is 24.3 Å². The molecule has 3 aromatic rings. The molecule has 8 nitrogen and oxygen atoms in total. The second kappa shape index (κ2) is 10.2. The van der Waals surface area contributed by atoms with Crippen LogP contribution in [0.2, 0.25) is 0 Å². The number of fused-ring (bicyclic) bond motifs is 1. The van der Waals surface area contributed by atoms with Gasteiger partial charge in [0, 0.05) is 39.9 Å². The largest absolute Gasteiger partial charge is 0.454 e. The molecule has 3 N–H and O–H groups in total. The molecule has 37 heavy (non-hydrogen) atoms. The van der Waals surface area contributed by atoms with Crippen molar-refractivity contribution < 1.29 is 25.6 Å². The number of hydrogen-bond donors (Lipinski definition) is 3. The van der Waals surface area contributed by atoms with E-state index in [0.29, 0.717) is 35.8 Å². The van der Waals surface area contributed by atoms with E-state index in [9.17, 15) is 9.59 Å². The molecule has 8 heteroatoms. The number of hydrogen-bond acceptors (Lipinski definition) is 6. The van der Waals surface area contributed by atoms with E-state index in [4.69, 9.17) is 14.6 Å². The maximum Gasteiger partial charge on any atom is 0.253 e. The van der Waals surface area contributed by atoms with Gasteiger partial charge in [0.1, 0.15) is 0 Å². The van der Waals surface area contributed by atoms with Gasteiger partial charge in [0.2, 0.25) is 12.7 Å². The molecule has 0 saturated heterocycles. The Balaban J connectivity index is 0.00000336. The molecule has 2 amide bonds. The highest BCUT2D eigenvalue weighted by molar-refractivity contribution is 6.02. The minimum Gasteiger partial charge on any atom is -0.454 e. The van der Waals surface area contributed by atoms with Crippen LogP contribution in [0.3, 0.4) is 0 Å². The highest BCUT2D eigenvalue weighted by Gasteiger charge is 2.51. The molecular weight excluding hydrogens is 470 g/mol. The fourth-order valence-electron chi connectivity index (χ4n) is 4.65. The van der Waals surface area contributed by atoms with E-state index in [1.54, 1.807) is 19.0 Å². The van der Waals surface area contributed by atoms with E-state index < -0.39 is 5.41 Å². The smallest absolute Gasteiger partial charge is 0.253 e. The topological polar surface area (TPSA) is 100 Å². The predicted octanol–water partition coefficient (Wildman–Crippen LogP) is 3.78. The molecule has 0 spiro atoms. The van der Waals surface area contributed by atoms with Crippen molar-refractivity contribution in [2.45, 2.75) is 24.8 Å². The molecular formula is C29H33N3O5. The summed E-state index contributed by atoms with van der Waals surface area (Å²) in [4.78, 5) is 27.3. The van der Waals surface area contributed by atoms with Crippen molar-refractivity contribution in [1.82, 2.24) is 10.2 Å². The number of benzene rings is 3. The number of ether oxygens (including phenoxy) is 2. The number of carbonyl (C=O) groups is 2. The molecule has 1 heterocycles. The number of aliphatic hydroxyl groups excluding tert-OH is 1. The zero-order chi connectivity index (χ0) is 26.0. The summed E-state index contributed by atoms with van der Waals surface area (Å²) in [5.41, 5.74) is 4.57. The van der Waals surface area contributed by atoms with Crippen LogP contribution in [0, 0.1) is 0 Å². The first-order chi connectivity index (χ1) is 17.9. The van der Waals surface area contributed by atoms with Gasteiger partial charge in [0.25, 0.3) is 5.91 Å². The van der Waals surface area contributed by atoms with Crippen LogP contribution < -0.4 is 20.1 Å². The van der Waals surface area contributed by atoms with Gasteiger partial charge in [-0.15, -0.1) is 0 Å². The lowest BCUT2D eigenvalue weighted by molar-refractivity contribution is -0.118. The highest BCUT2D eigenvalue weighted by atomic mass is 16.7. The van der Waals surface area contributed by atoms with E-state index in [1.807, 2.05) is 60.7 Å². The Morgan fingerprint density at radius 2 is 1.76 bits per heavy atom. The van der Waals surface area contributed by atoms with Crippen molar-refractivity contribution >= 4 is 17.5 Å². The van der Waals surface area contributed by atoms with Gasteiger partial charge in [-0.25, -0.2) is 0 Å². The molecule has 0 radical (unpaired) electrons. The summed E-state index contributed by atoms with van der Waals surface area (Å²) >= 11 is 0. The molecule has 5 rings (SSSR count). The molecule has 1 saturated carbocycles. The van der Waals surface area contributed by atoms with Crippen LogP contribution >= 0.6 is 0 Å². The third-order valence-electron chi connectivity index (χ3n) is 6.93. The second-order valence-electron chi connectivity index (χ2n) is 9.65. The van der Waals surface area contributed by atoms with Crippen LogP contribution in [0.25, 0.3) is 11.1 Å². The Morgan fingerprint density at radius 1 is 1.00 bits per heavy atom. The maximum absolute atomic E-state index is 13.5. The first kappa shape index (κ1) is 24.8. The third kappa shape index (κ3) is 5.03. The summed E-state index contributed by atoms with van der Waals surface area (Å²) in [6.07, 6.45) is 1.55. The molecule has 194 valence electrons. The first-order valence-electron chi connectivity index (χ1n) is 12.4. The van der Waals surface area contributed by atoms with E-state index in [0.717, 1.165) is 35.1 Å². The molecule has 0 atom stereocenters. The quantitative estimate of drug-likeness (QED) is 0.384. The number of aliphatic hydroxyl groups is 1. The summed E-state index contributed by atoms with van der Waals surface area (Å²) in [5.74, 6) is 1.27. The summed E-state index contributed by atoms with van der Waals surface area (Å²) in [6.45, 7) is 1.28. The molecule has 1 aliphatic heterocycles. The fraction of sp³-hybridized carbons (Fsp3) is 0.310. The van der Waals surface area contributed by atoms with Gasteiger partial charge < -0.3 is 30.1 Å². The maximum atomic E-state index is 13.5. The van der Waals surface area contributed by atoms with Crippen molar-refractivity contribution in [3.05, 3.63) is 77.4 Å². The van der Waals surface area contributed by atoms with Gasteiger partial charge in [-0.05, 0) is 71.5 Å². The van der Waals surface area contributed by atoms with Crippen LogP contribution in [-0.2, 0) is 16.8 Å². The molecule has 1 fully saturated rings. The zero-order valence-corrected chi connectivity index (χ0v) is 21.0. The lowest BCUT2D eigenvalue weighted by Crippen LogP contribution is -2.27. The first-order valence-corrected chi connectivity index (χ1v) is 12.4. The zero-order valence-electron chi connectivity index (χ0n) is 21.0. The lowest BCUT2D eigenvalue weighted by atomic mass is 9.94. The third-order valence-corrected chi connectivity index (χ3v) is 6.93. The van der Waals surface area contributed by atoms with Gasteiger partial charge in [-0.2, -0.15) is 0 Å². The summed E-state index contributed by atoms with van der Waals surface area (Å²) in [5, 5.41) is 15.5. The standard InChI is InChI=1S/C29H31N3O5.H2/c1-32(2)27(34)20-5-3-19(4-6-20)24-16-23(9-7-21(24)17-30-13-14-33)31-28(35)29(11-12-29)22-8-10-25-26(15-22)37-18-36-25;/h3-10,15-16,30,33H,11-14,17-18H2,1-2H3,(H,31,35);1H. The van der Waals surface area contributed by atoms with Crippen molar-refractivity contribution in [2.24, 2.45) is 0 Å². The number of nitrogens with one attached hydrogen (secondary N) is 2. The Labute approximate surface area is 217 Å². The monoisotopic (exact) mass is 503 g/mol. The summed E-state index contributed by atoms with van der Waals surface area (Å²) in [7, 11) is 3.45. The van der Waals surface area contributed by atoms with E-state index in [1.165, 1.54) is 0 Å². The summed E-state index contributed by atoms with van der Waals surface area (Å²) < 4.78 is 10.9. The van der Waals surface area contributed by atoms with Gasteiger partial charge in [0.05, 0.1) is 12.0 Å². The van der Waals surface area contributed by atoms with Gasteiger partial charge in [0.15, 0.2) is 11.5 Å². The lowest BCUT2D eigenvalue weighted by Gasteiger charge is -2.18. The number of nitrogens with zero attached hydrogens (tertiary/aromatic N) is 1. The molecule has 1 aliphatic carbocycles. The van der Waals surface area contributed by atoms with Gasteiger partial charge >= 0.3 is 0 Å². The van der Waals surface area contributed by atoms with Crippen molar-refractivity contribution in [1.29, 1.82) is 0 Å². The Hall–Kier alpha value is -3.88. The minimum atomic E-state index is -0.573. The fourth-order valence-corrected chi connectivity index (χ4v) is 4.65. The number of anilines is 1. The van der Waals surface area contributed by atoms with Crippen LogP contribution in [0.4, 0.5) is 5.69 Å². The molecule has 0 bridgehead atoms. The van der Waals surface area contributed by atoms with Gasteiger partial charge in [-0.3, -0.25) is 9.59 Å². The molecule has 3 aromatic carbocycles. The van der Waals surface area contributed by atoms with Crippen molar-refractivity contribution in [3.63, 3.8) is 0 Å². The average molecular weight is 504 g/mol. The SMILES string of the molecule is CN(C)C(=O)c1ccc(-c2cc(NC(=O)C3(c4ccc5c(c4)OCO5)CC3)ccc2CNCCO)cc1.[HH].